The monoisotopic (exact) mass is 472 g/mol. The van der Waals surface area contributed by atoms with E-state index in [0.29, 0.717) is 0 Å². The predicted octanol–water partition coefficient (Wildman–Crippen LogP) is 8.97. The molecule has 2 nitrogen and oxygen atoms in total. The van der Waals surface area contributed by atoms with E-state index in [1.165, 1.54) is 21.9 Å². The van der Waals surface area contributed by atoms with Gasteiger partial charge in [-0.2, -0.15) is 0 Å². The standard InChI is InChI=1S/C31H21FN2S/c1-18-6-5-7-19(2)30(18)34-27-16-21-9-4-3-8-20(21)15-26(27)33-31(34)22-10-13-28-25(14-22)24-12-11-23(32)17-29(24)35-28/h3-17H,1-2H3. The van der Waals surface area contributed by atoms with Crippen LogP contribution in [0.5, 0.6) is 0 Å². The molecule has 2 aromatic heterocycles. The van der Waals surface area contributed by atoms with Gasteiger partial charge in [-0.3, -0.25) is 4.57 Å². The number of aryl methyl sites for hydroxylation is 2. The number of benzene rings is 5. The lowest BCUT2D eigenvalue weighted by Crippen LogP contribution is -2.02. The van der Waals surface area contributed by atoms with E-state index in [1.807, 2.05) is 6.07 Å². The van der Waals surface area contributed by atoms with Crippen LogP contribution in [0, 0.1) is 19.7 Å². The Morgan fingerprint density at radius 3 is 2.29 bits per heavy atom. The SMILES string of the molecule is Cc1cccc(C)c1-n1c(-c2ccc3sc4cc(F)ccc4c3c2)nc2cc3ccccc3cc21. The summed E-state index contributed by atoms with van der Waals surface area (Å²) in [5.41, 5.74) is 6.68. The van der Waals surface area contributed by atoms with Gasteiger partial charge in [-0.05, 0) is 78.2 Å². The van der Waals surface area contributed by atoms with Crippen molar-refractivity contribution in [2.24, 2.45) is 0 Å². The maximum absolute atomic E-state index is 13.9. The Bertz CT molecular complexity index is 1920. The molecule has 0 atom stereocenters. The van der Waals surface area contributed by atoms with Crippen LogP contribution in [0.25, 0.3) is 59.1 Å². The molecular weight excluding hydrogens is 451 g/mol. The van der Waals surface area contributed by atoms with E-state index >= 15 is 0 Å². The summed E-state index contributed by atoms with van der Waals surface area (Å²) < 4.78 is 18.3. The Morgan fingerprint density at radius 2 is 1.49 bits per heavy atom. The van der Waals surface area contributed by atoms with Crippen LogP contribution in [0.15, 0.2) is 91.0 Å². The van der Waals surface area contributed by atoms with Crippen molar-refractivity contribution in [3.05, 3.63) is 108 Å². The van der Waals surface area contributed by atoms with Gasteiger partial charge in [0, 0.05) is 25.7 Å². The second-order valence-corrected chi connectivity index (χ2v) is 10.2. The smallest absolute Gasteiger partial charge is 0.145 e. The molecule has 4 heteroatoms. The molecule has 168 valence electrons. The minimum absolute atomic E-state index is 0.201. The molecule has 7 aromatic rings. The molecule has 2 heterocycles. The first-order chi connectivity index (χ1) is 17.1. The van der Waals surface area contributed by atoms with Gasteiger partial charge in [0.2, 0.25) is 0 Å². The van der Waals surface area contributed by atoms with Gasteiger partial charge in [0.25, 0.3) is 0 Å². The second-order valence-electron chi connectivity index (χ2n) is 9.15. The van der Waals surface area contributed by atoms with Crippen molar-refractivity contribution in [2.45, 2.75) is 13.8 Å². The molecule has 0 radical (unpaired) electrons. The normalized spacial score (nSPS) is 11.9. The summed E-state index contributed by atoms with van der Waals surface area (Å²) in [6.45, 7) is 4.31. The molecule has 0 saturated heterocycles. The molecule has 0 saturated carbocycles. The summed E-state index contributed by atoms with van der Waals surface area (Å²) in [6.07, 6.45) is 0. The molecule has 0 fully saturated rings. The van der Waals surface area contributed by atoms with Gasteiger partial charge < -0.3 is 0 Å². The van der Waals surface area contributed by atoms with Gasteiger partial charge in [-0.1, -0.05) is 48.5 Å². The minimum Gasteiger partial charge on any atom is -0.292 e. The highest BCUT2D eigenvalue weighted by Gasteiger charge is 2.19. The fourth-order valence-electron chi connectivity index (χ4n) is 5.23. The quantitative estimate of drug-likeness (QED) is 0.245. The largest absolute Gasteiger partial charge is 0.292 e. The van der Waals surface area contributed by atoms with Gasteiger partial charge in [-0.15, -0.1) is 11.3 Å². The van der Waals surface area contributed by atoms with Crippen LogP contribution < -0.4 is 0 Å². The number of imidazole rings is 1. The number of nitrogens with zero attached hydrogens (tertiary/aromatic N) is 2. The number of halogens is 1. The van der Waals surface area contributed by atoms with Gasteiger partial charge in [0.15, 0.2) is 0 Å². The molecule has 7 rings (SSSR count). The molecule has 0 aliphatic heterocycles. The van der Waals surface area contributed by atoms with Crippen molar-refractivity contribution in [1.82, 2.24) is 9.55 Å². The number of aromatic nitrogens is 2. The highest BCUT2D eigenvalue weighted by molar-refractivity contribution is 7.25. The summed E-state index contributed by atoms with van der Waals surface area (Å²) in [6, 6.07) is 30.8. The maximum atomic E-state index is 13.9. The van der Waals surface area contributed by atoms with Crippen molar-refractivity contribution in [1.29, 1.82) is 0 Å². The van der Waals surface area contributed by atoms with Gasteiger partial charge in [-0.25, -0.2) is 9.37 Å². The zero-order valence-corrected chi connectivity index (χ0v) is 20.2. The van der Waals surface area contributed by atoms with E-state index in [1.54, 1.807) is 23.5 Å². The second kappa shape index (κ2) is 7.49. The molecule has 0 aliphatic rings. The zero-order valence-electron chi connectivity index (χ0n) is 19.3. The van der Waals surface area contributed by atoms with E-state index in [2.05, 4.69) is 91.2 Å². The fraction of sp³-hybridized carbons (Fsp3) is 0.0645. The van der Waals surface area contributed by atoms with E-state index in [9.17, 15) is 4.39 Å². The molecule has 0 spiro atoms. The number of thiophene rings is 1. The topological polar surface area (TPSA) is 17.8 Å². The van der Waals surface area contributed by atoms with E-state index in [0.717, 1.165) is 48.3 Å². The molecule has 0 bridgehead atoms. The summed E-state index contributed by atoms with van der Waals surface area (Å²) in [7, 11) is 0. The average molecular weight is 473 g/mol. The van der Waals surface area contributed by atoms with Crippen molar-refractivity contribution in [3.63, 3.8) is 0 Å². The van der Waals surface area contributed by atoms with Crippen molar-refractivity contribution >= 4 is 53.3 Å². The third kappa shape index (κ3) is 3.10. The molecule has 0 aliphatic carbocycles. The van der Waals surface area contributed by atoms with Crippen LogP contribution in [-0.2, 0) is 0 Å². The Morgan fingerprint density at radius 1 is 0.714 bits per heavy atom. The number of hydrogen-bond donors (Lipinski definition) is 0. The highest BCUT2D eigenvalue weighted by Crippen LogP contribution is 2.39. The Hall–Kier alpha value is -4.02. The van der Waals surface area contributed by atoms with Crippen LogP contribution in [0.1, 0.15) is 11.1 Å². The molecule has 0 unspecified atom stereocenters. The third-order valence-corrected chi connectivity index (χ3v) is 8.01. The van der Waals surface area contributed by atoms with E-state index in [-0.39, 0.29) is 5.82 Å². The minimum atomic E-state index is -0.201. The Labute approximate surface area is 205 Å². The first-order valence-electron chi connectivity index (χ1n) is 11.7. The fourth-order valence-corrected chi connectivity index (χ4v) is 6.34. The summed E-state index contributed by atoms with van der Waals surface area (Å²) in [5.74, 6) is 0.712. The van der Waals surface area contributed by atoms with E-state index in [4.69, 9.17) is 4.98 Å². The molecular formula is C31H21FN2S. The van der Waals surface area contributed by atoms with E-state index < -0.39 is 0 Å². The number of hydrogen-bond acceptors (Lipinski definition) is 2. The lowest BCUT2D eigenvalue weighted by molar-refractivity contribution is 0.630. The van der Waals surface area contributed by atoms with Crippen molar-refractivity contribution < 1.29 is 4.39 Å². The van der Waals surface area contributed by atoms with Crippen LogP contribution in [-0.4, -0.2) is 9.55 Å². The molecule has 5 aromatic carbocycles. The van der Waals surface area contributed by atoms with Gasteiger partial charge in [0.1, 0.15) is 11.6 Å². The van der Waals surface area contributed by atoms with Crippen LogP contribution >= 0.6 is 11.3 Å². The lowest BCUT2D eigenvalue weighted by Gasteiger charge is -2.15. The number of fused-ring (bicyclic) bond motifs is 5. The van der Waals surface area contributed by atoms with Gasteiger partial charge in [0.05, 0.1) is 16.7 Å². The predicted molar refractivity (Wildman–Crippen MR) is 146 cm³/mol. The maximum Gasteiger partial charge on any atom is 0.145 e. The molecule has 0 amide bonds. The Balaban J connectivity index is 1.58. The van der Waals surface area contributed by atoms with Crippen LogP contribution in [0.4, 0.5) is 4.39 Å². The number of para-hydroxylation sites is 1. The third-order valence-electron chi connectivity index (χ3n) is 6.88. The molecule has 35 heavy (non-hydrogen) atoms. The number of rotatable bonds is 2. The lowest BCUT2D eigenvalue weighted by atomic mass is 10.1. The summed E-state index contributed by atoms with van der Waals surface area (Å²) >= 11 is 1.62. The first kappa shape index (κ1) is 20.4. The van der Waals surface area contributed by atoms with Crippen molar-refractivity contribution in [3.8, 4) is 17.1 Å². The summed E-state index contributed by atoms with van der Waals surface area (Å²) in [4.78, 5) is 5.18. The van der Waals surface area contributed by atoms with Crippen LogP contribution in [0.3, 0.4) is 0 Å². The van der Waals surface area contributed by atoms with Crippen LogP contribution in [0.2, 0.25) is 0 Å². The average Bonchev–Trinajstić information content (AvgIpc) is 3.39. The van der Waals surface area contributed by atoms with Gasteiger partial charge >= 0.3 is 0 Å². The highest BCUT2D eigenvalue weighted by atomic mass is 32.1. The first-order valence-corrected chi connectivity index (χ1v) is 12.5. The Kier molecular flexibility index (Phi) is 4.36. The zero-order chi connectivity index (χ0) is 23.7. The molecule has 0 N–H and O–H groups in total. The summed E-state index contributed by atoms with van der Waals surface area (Å²) in [5, 5.41) is 4.58. The van der Waals surface area contributed by atoms with Crippen molar-refractivity contribution in [2.75, 3.05) is 0 Å².